The van der Waals surface area contributed by atoms with Crippen molar-refractivity contribution in [2.24, 2.45) is 9.98 Å². The van der Waals surface area contributed by atoms with Gasteiger partial charge < -0.3 is 30.5 Å². The number of phenols is 4. The fraction of sp³-hybridized carbons (Fsp3) is 0.375. The number of morpholine rings is 1. The molecule has 5 N–H and O–H groups in total. The zero-order chi connectivity index (χ0) is 24.3. The second-order valence-corrected chi connectivity index (χ2v) is 7.87. The number of nitrogens with zero attached hydrogens (tertiary/aromatic N) is 3. The predicted octanol–water partition coefficient (Wildman–Crippen LogP) is 1.25. The van der Waals surface area contributed by atoms with Gasteiger partial charge in [0.25, 0.3) is 0 Å². The third-order valence-corrected chi connectivity index (χ3v) is 5.29. The first-order valence-corrected chi connectivity index (χ1v) is 11.1. The summed E-state index contributed by atoms with van der Waals surface area (Å²) in [6, 6.07) is 7.35. The summed E-state index contributed by atoms with van der Waals surface area (Å²) in [5.74, 6) is -0.760. The second kappa shape index (κ2) is 14.3. The second-order valence-electron chi connectivity index (χ2n) is 7.87. The van der Waals surface area contributed by atoms with Crippen LogP contribution in [0.25, 0.3) is 0 Å². The van der Waals surface area contributed by atoms with E-state index in [1.807, 2.05) is 0 Å². The number of carbonyl (C=O) groups excluding carboxylic acids is 1. The van der Waals surface area contributed by atoms with Crippen LogP contribution in [0.15, 0.2) is 46.4 Å². The first-order valence-electron chi connectivity index (χ1n) is 11.1. The van der Waals surface area contributed by atoms with Crippen LogP contribution in [0.5, 0.6) is 23.0 Å². The van der Waals surface area contributed by atoms with E-state index in [2.05, 4.69) is 20.2 Å². The van der Waals surface area contributed by atoms with E-state index in [9.17, 15) is 25.2 Å². The molecule has 1 radical (unpaired) electrons. The van der Waals surface area contributed by atoms with Gasteiger partial charge in [-0.2, -0.15) is 0 Å². The first kappa shape index (κ1) is 28.1. The van der Waals surface area contributed by atoms with Crippen LogP contribution in [-0.4, -0.2) is 95.6 Å². The van der Waals surface area contributed by atoms with Crippen molar-refractivity contribution in [1.29, 1.82) is 0 Å². The molecule has 0 saturated carbocycles. The molecule has 11 heteroatoms. The number of phenolic OH excluding ortho intramolecular Hbond substituents is 4. The van der Waals surface area contributed by atoms with Crippen molar-refractivity contribution in [2.75, 3.05) is 45.9 Å². The maximum absolute atomic E-state index is 12.8. The van der Waals surface area contributed by atoms with Gasteiger partial charge in [-0.05, 0) is 37.2 Å². The molecule has 1 fully saturated rings. The Hall–Kier alpha value is -3.11. The Morgan fingerprint density at radius 1 is 1.00 bits per heavy atom. The van der Waals surface area contributed by atoms with E-state index in [0.717, 1.165) is 39.3 Å². The largest absolute Gasteiger partial charge is 0.508 e. The average Bonchev–Trinajstić information content (AvgIpc) is 2.81. The Kier molecular flexibility index (Phi) is 11.5. The number of hydrogen-bond acceptors (Lipinski definition) is 9. The van der Waals surface area contributed by atoms with Crippen LogP contribution in [0.3, 0.4) is 0 Å². The van der Waals surface area contributed by atoms with Gasteiger partial charge in [-0.3, -0.25) is 19.7 Å². The van der Waals surface area contributed by atoms with Crippen molar-refractivity contribution >= 4 is 18.3 Å². The number of ether oxygens (including phenoxy) is 1. The van der Waals surface area contributed by atoms with Crippen molar-refractivity contribution in [3.63, 3.8) is 0 Å². The molecule has 3 rings (SSSR count). The van der Waals surface area contributed by atoms with Crippen LogP contribution < -0.4 is 5.32 Å². The molecule has 1 aliphatic heterocycles. The number of aliphatic imine (C=N–C) groups is 2. The Balaban J connectivity index is 0.00000432. The van der Waals surface area contributed by atoms with Crippen LogP contribution in [-0.2, 0) is 26.6 Å². The van der Waals surface area contributed by atoms with E-state index in [1.165, 1.54) is 48.8 Å². The summed E-state index contributed by atoms with van der Waals surface area (Å²) >= 11 is 0. The van der Waals surface area contributed by atoms with Gasteiger partial charge in [-0.15, -0.1) is 0 Å². The van der Waals surface area contributed by atoms with Gasteiger partial charge in [0.1, 0.15) is 29.0 Å². The van der Waals surface area contributed by atoms with Gasteiger partial charge in [-0.25, -0.2) is 0 Å². The summed E-state index contributed by atoms with van der Waals surface area (Å²) in [6.45, 7) is 4.56. The van der Waals surface area contributed by atoms with E-state index >= 15 is 0 Å². The van der Waals surface area contributed by atoms with Gasteiger partial charge in [0.2, 0.25) is 5.91 Å². The summed E-state index contributed by atoms with van der Waals surface area (Å²) in [7, 11) is 0. The molecule has 1 aliphatic rings. The molecule has 1 amide bonds. The summed E-state index contributed by atoms with van der Waals surface area (Å²) in [4.78, 5) is 23.6. The maximum atomic E-state index is 12.8. The van der Waals surface area contributed by atoms with Crippen molar-refractivity contribution in [3.8, 4) is 23.0 Å². The number of benzene rings is 2. The third-order valence-electron chi connectivity index (χ3n) is 5.29. The van der Waals surface area contributed by atoms with Crippen LogP contribution >= 0.6 is 0 Å². The smallest absolute Gasteiger partial charge is 0.246 e. The SMILES string of the molecule is O=C(NCCCN1CCOCC1)C(CN=Cc1ccc(O)cc1O)N=Cc1ccc(O)cc1O.[Cu]. The summed E-state index contributed by atoms with van der Waals surface area (Å²) < 4.78 is 5.34. The molecule has 1 unspecified atom stereocenters. The minimum absolute atomic E-state index is 0. The fourth-order valence-corrected chi connectivity index (χ4v) is 3.36. The monoisotopic (exact) mass is 533 g/mol. The molecule has 0 bridgehead atoms. The van der Waals surface area contributed by atoms with Gasteiger partial charge >= 0.3 is 0 Å². The molecular formula is C24H30CuN4O6. The zero-order valence-electron chi connectivity index (χ0n) is 19.1. The van der Waals surface area contributed by atoms with E-state index in [1.54, 1.807) is 0 Å². The molecule has 1 saturated heterocycles. The van der Waals surface area contributed by atoms with Crippen LogP contribution in [0.2, 0.25) is 0 Å². The Morgan fingerprint density at radius 3 is 2.20 bits per heavy atom. The molecule has 0 aromatic heterocycles. The maximum Gasteiger partial charge on any atom is 0.246 e. The van der Waals surface area contributed by atoms with Crippen molar-refractivity contribution in [3.05, 3.63) is 47.5 Å². The van der Waals surface area contributed by atoms with Gasteiger partial charge in [-0.1, -0.05) is 0 Å². The van der Waals surface area contributed by atoms with E-state index < -0.39 is 6.04 Å². The molecular weight excluding hydrogens is 504 g/mol. The molecule has 2 aromatic carbocycles. The predicted molar refractivity (Wildman–Crippen MR) is 128 cm³/mol. The molecule has 193 valence electrons. The number of carbonyl (C=O) groups is 1. The topological polar surface area (TPSA) is 147 Å². The summed E-state index contributed by atoms with van der Waals surface area (Å²) in [6.07, 6.45) is 3.55. The summed E-state index contributed by atoms with van der Waals surface area (Å²) in [5, 5.41) is 41.6. The van der Waals surface area contributed by atoms with Crippen molar-refractivity contribution < 1.29 is 47.0 Å². The Morgan fingerprint density at radius 2 is 1.60 bits per heavy atom. The van der Waals surface area contributed by atoms with Gasteiger partial charge in [0, 0.05) is 72.4 Å². The first-order chi connectivity index (χ1) is 16.4. The van der Waals surface area contributed by atoms with E-state index in [0.29, 0.717) is 17.7 Å². The Bertz CT molecular complexity index is 1030. The van der Waals surface area contributed by atoms with E-state index in [4.69, 9.17) is 4.74 Å². The number of amides is 1. The minimum atomic E-state index is -0.868. The van der Waals surface area contributed by atoms with Crippen LogP contribution in [0, 0.1) is 0 Å². The minimum Gasteiger partial charge on any atom is -0.508 e. The van der Waals surface area contributed by atoms with Crippen molar-refractivity contribution in [2.45, 2.75) is 12.5 Å². The quantitative estimate of drug-likeness (QED) is 0.175. The number of nitrogens with one attached hydrogen (secondary N) is 1. The zero-order valence-corrected chi connectivity index (χ0v) is 20.0. The molecule has 2 aromatic rings. The molecule has 1 atom stereocenters. The van der Waals surface area contributed by atoms with Gasteiger partial charge in [0.05, 0.1) is 19.8 Å². The van der Waals surface area contributed by atoms with Crippen molar-refractivity contribution in [1.82, 2.24) is 10.2 Å². The normalized spacial score (nSPS) is 15.2. The van der Waals surface area contributed by atoms with E-state index in [-0.39, 0.29) is 52.5 Å². The average molecular weight is 534 g/mol. The molecule has 10 nitrogen and oxygen atoms in total. The standard InChI is InChI=1S/C24H30N4O6.Cu/c29-19-4-2-17(22(31)12-19)14-25-16-21(27-15-18-3-5-20(30)13-23(18)32)24(33)26-6-1-7-28-8-10-34-11-9-28;/h2-5,12-15,21,29-32H,1,6-11,16H2,(H,26,33);. The Labute approximate surface area is 214 Å². The number of rotatable bonds is 10. The molecule has 35 heavy (non-hydrogen) atoms. The number of aromatic hydroxyl groups is 4. The van der Waals surface area contributed by atoms with Crippen LogP contribution in [0.4, 0.5) is 0 Å². The third kappa shape index (κ3) is 9.22. The van der Waals surface area contributed by atoms with Gasteiger partial charge in [0.15, 0.2) is 0 Å². The molecule has 0 spiro atoms. The molecule has 1 heterocycles. The summed E-state index contributed by atoms with van der Waals surface area (Å²) in [5.41, 5.74) is 0.741. The van der Waals surface area contributed by atoms with Crippen LogP contribution in [0.1, 0.15) is 17.5 Å². The fourth-order valence-electron chi connectivity index (χ4n) is 3.36. The molecule has 0 aliphatic carbocycles. The number of hydrogen-bond donors (Lipinski definition) is 5.